The molecule has 0 saturated carbocycles. The van der Waals surface area contributed by atoms with Crippen LogP contribution in [0.5, 0.6) is 5.75 Å². The third-order valence-electron chi connectivity index (χ3n) is 3.25. The molecule has 0 atom stereocenters. The summed E-state index contributed by atoms with van der Waals surface area (Å²) < 4.78 is 5.22. The predicted molar refractivity (Wildman–Crippen MR) is 71.8 cm³/mol. The molecule has 2 rings (SSSR count). The van der Waals surface area contributed by atoms with E-state index in [1.807, 2.05) is 17.0 Å². The molecule has 0 radical (unpaired) electrons. The average molecular weight is 248 g/mol. The number of rotatable bonds is 3. The highest BCUT2D eigenvalue weighted by Gasteiger charge is 2.17. The lowest BCUT2D eigenvalue weighted by molar-refractivity contribution is 0.174. The summed E-state index contributed by atoms with van der Waals surface area (Å²) in [6, 6.07) is 8.15. The standard InChI is InChI=1S/C13H20N4O/c1-18-12-4-2-3-11(9-12)10-16-5-7-17(8-6-16)13(14)15/h2-4,9H,5-8,10H2,1H3,(H3,14,15). The number of benzene rings is 1. The molecule has 0 amide bonds. The molecular weight excluding hydrogens is 228 g/mol. The second kappa shape index (κ2) is 5.73. The number of ether oxygens (including phenoxy) is 1. The molecule has 1 heterocycles. The molecule has 1 aromatic rings. The molecule has 1 saturated heterocycles. The van der Waals surface area contributed by atoms with Crippen molar-refractivity contribution >= 4 is 5.96 Å². The number of guanidine groups is 1. The Morgan fingerprint density at radius 1 is 1.33 bits per heavy atom. The lowest BCUT2D eigenvalue weighted by Crippen LogP contribution is -2.50. The smallest absolute Gasteiger partial charge is 0.188 e. The zero-order valence-corrected chi connectivity index (χ0v) is 10.7. The van der Waals surface area contributed by atoms with Gasteiger partial charge in [-0.05, 0) is 17.7 Å². The van der Waals surface area contributed by atoms with Crippen LogP contribution in [0.3, 0.4) is 0 Å². The van der Waals surface area contributed by atoms with E-state index >= 15 is 0 Å². The number of methoxy groups -OCH3 is 1. The van der Waals surface area contributed by atoms with Gasteiger partial charge in [-0.1, -0.05) is 12.1 Å². The molecular formula is C13H20N4O. The summed E-state index contributed by atoms with van der Waals surface area (Å²) in [5, 5.41) is 7.40. The minimum absolute atomic E-state index is 0.177. The number of hydrogen-bond acceptors (Lipinski definition) is 3. The van der Waals surface area contributed by atoms with E-state index in [0.717, 1.165) is 38.5 Å². The highest BCUT2D eigenvalue weighted by atomic mass is 16.5. The van der Waals surface area contributed by atoms with Crippen molar-refractivity contribution in [1.82, 2.24) is 9.80 Å². The summed E-state index contributed by atoms with van der Waals surface area (Å²) in [5.41, 5.74) is 6.73. The quantitative estimate of drug-likeness (QED) is 0.610. The van der Waals surface area contributed by atoms with Crippen molar-refractivity contribution in [2.75, 3.05) is 33.3 Å². The van der Waals surface area contributed by atoms with Gasteiger partial charge in [0.1, 0.15) is 5.75 Å². The highest BCUT2D eigenvalue weighted by Crippen LogP contribution is 2.15. The fourth-order valence-electron chi connectivity index (χ4n) is 2.18. The van der Waals surface area contributed by atoms with E-state index < -0.39 is 0 Å². The van der Waals surface area contributed by atoms with Gasteiger partial charge in [0.05, 0.1) is 7.11 Å². The molecule has 1 aliphatic heterocycles. The van der Waals surface area contributed by atoms with Crippen LogP contribution in [0.15, 0.2) is 24.3 Å². The molecule has 5 nitrogen and oxygen atoms in total. The van der Waals surface area contributed by atoms with E-state index in [4.69, 9.17) is 15.9 Å². The number of hydrogen-bond donors (Lipinski definition) is 2. The fraction of sp³-hybridized carbons (Fsp3) is 0.462. The van der Waals surface area contributed by atoms with E-state index in [1.54, 1.807) is 7.11 Å². The summed E-state index contributed by atoms with van der Waals surface area (Å²) in [7, 11) is 1.69. The second-order valence-corrected chi connectivity index (χ2v) is 4.50. The SMILES string of the molecule is COc1cccc(CN2CCN(C(=N)N)CC2)c1. The first-order chi connectivity index (χ1) is 8.69. The van der Waals surface area contributed by atoms with Crippen LogP contribution in [0.4, 0.5) is 0 Å². The zero-order valence-electron chi connectivity index (χ0n) is 10.7. The minimum Gasteiger partial charge on any atom is -0.497 e. The highest BCUT2D eigenvalue weighted by molar-refractivity contribution is 5.74. The molecule has 0 aliphatic carbocycles. The largest absolute Gasteiger partial charge is 0.497 e. The minimum atomic E-state index is 0.177. The van der Waals surface area contributed by atoms with Crippen LogP contribution < -0.4 is 10.5 Å². The molecule has 3 N–H and O–H groups in total. The third-order valence-corrected chi connectivity index (χ3v) is 3.25. The number of nitrogens with one attached hydrogen (secondary N) is 1. The van der Waals surface area contributed by atoms with E-state index in [1.165, 1.54) is 5.56 Å². The van der Waals surface area contributed by atoms with Crippen molar-refractivity contribution in [1.29, 1.82) is 5.41 Å². The Morgan fingerprint density at radius 3 is 2.67 bits per heavy atom. The Morgan fingerprint density at radius 2 is 2.06 bits per heavy atom. The molecule has 18 heavy (non-hydrogen) atoms. The first-order valence-corrected chi connectivity index (χ1v) is 6.13. The van der Waals surface area contributed by atoms with Crippen molar-refractivity contribution in [3.63, 3.8) is 0 Å². The summed E-state index contributed by atoms with van der Waals surface area (Å²) >= 11 is 0. The van der Waals surface area contributed by atoms with Crippen molar-refractivity contribution < 1.29 is 4.74 Å². The lowest BCUT2D eigenvalue weighted by atomic mass is 10.2. The Labute approximate surface area is 108 Å². The topological polar surface area (TPSA) is 65.6 Å². The molecule has 0 bridgehead atoms. The second-order valence-electron chi connectivity index (χ2n) is 4.50. The summed E-state index contributed by atoms with van der Waals surface area (Å²) in [5.74, 6) is 1.07. The van der Waals surface area contributed by atoms with E-state index in [-0.39, 0.29) is 5.96 Å². The van der Waals surface area contributed by atoms with E-state index in [2.05, 4.69) is 17.0 Å². The first kappa shape index (κ1) is 12.7. The summed E-state index contributed by atoms with van der Waals surface area (Å²) in [4.78, 5) is 4.27. The number of piperazine rings is 1. The molecule has 0 aromatic heterocycles. The van der Waals surface area contributed by atoms with Gasteiger partial charge in [-0.15, -0.1) is 0 Å². The summed E-state index contributed by atoms with van der Waals surface area (Å²) in [6.45, 7) is 4.47. The maximum atomic E-state index is 7.40. The maximum absolute atomic E-state index is 7.40. The van der Waals surface area contributed by atoms with Crippen LogP contribution in [0.2, 0.25) is 0 Å². The lowest BCUT2D eigenvalue weighted by Gasteiger charge is -2.34. The monoisotopic (exact) mass is 248 g/mol. The maximum Gasteiger partial charge on any atom is 0.188 e. The van der Waals surface area contributed by atoms with Crippen LogP contribution >= 0.6 is 0 Å². The van der Waals surface area contributed by atoms with Crippen molar-refractivity contribution in [3.8, 4) is 5.75 Å². The summed E-state index contributed by atoms with van der Waals surface area (Å²) in [6.07, 6.45) is 0. The number of nitrogens with two attached hydrogens (primary N) is 1. The van der Waals surface area contributed by atoms with Gasteiger partial charge >= 0.3 is 0 Å². The third kappa shape index (κ3) is 3.13. The van der Waals surface area contributed by atoms with E-state index in [9.17, 15) is 0 Å². The Kier molecular flexibility index (Phi) is 4.04. The van der Waals surface area contributed by atoms with Crippen molar-refractivity contribution in [2.24, 2.45) is 5.73 Å². The van der Waals surface area contributed by atoms with Gasteiger partial charge in [0.2, 0.25) is 0 Å². The number of nitrogens with zero attached hydrogens (tertiary/aromatic N) is 2. The van der Waals surface area contributed by atoms with Gasteiger partial charge < -0.3 is 15.4 Å². The van der Waals surface area contributed by atoms with Gasteiger partial charge in [-0.25, -0.2) is 0 Å². The molecule has 1 aliphatic rings. The van der Waals surface area contributed by atoms with Crippen LogP contribution in [0.25, 0.3) is 0 Å². The molecule has 0 unspecified atom stereocenters. The Balaban J connectivity index is 1.89. The van der Waals surface area contributed by atoms with Crippen LogP contribution in [-0.2, 0) is 6.54 Å². The molecule has 1 aromatic carbocycles. The van der Waals surface area contributed by atoms with Crippen LogP contribution in [0.1, 0.15) is 5.56 Å². The van der Waals surface area contributed by atoms with Gasteiger partial charge in [-0.2, -0.15) is 0 Å². The van der Waals surface area contributed by atoms with Gasteiger partial charge in [0.25, 0.3) is 0 Å². The molecule has 5 heteroatoms. The van der Waals surface area contributed by atoms with Crippen molar-refractivity contribution in [2.45, 2.75) is 6.54 Å². The average Bonchev–Trinajstić information content (AvgIpc) is 2.39. The predicted octanol–water partition coefficient (Wildman–Crippen LogP) is 0.706. The zero-order chi connectivity index (χ0) is 13.0. The Hall–Kier alpha value is -1.75. The van der Waals surface area contributed by atoms with Gasteiger partial charge in [0, 0.05) is 32.7 Å². The van der Waals surface area contributed by atoms with Crippen LogP contribution in [0, 0.1) is 5.41 Å². The molecule has 1 fully saturated rings. The van der Waals surface area contributed by atoms with E-state index in [0.29, 0.717) is 0 Å². The normalized spacial score (nSPS) is 16.6. The molecule has 0 spiro atoms. The Bertz CT molecular complexity index is 413. The van der Waals surface area contributed by atoms with Crippen molar-refractivity contribution in [3.05, 3.63) is 29.8 Å². The first-order valence-electron chi connectivity index (χ1n) is 6.13. The van der Waals surface area contributed by atoms with Crippen LogP contribution in [-0.4, -0.2) is 49.0 Å². The van der Waals surface area contributed by atoms with Gasteiger partial charge in [-0.3, -0.25) is 10.3 Å². The molecule has 98 valence electrons. The van der Waals surface area contributed by atoms with Gasteiger partial charge in [0.15, 0.2) is 5.96 Å². The fourth-order valence-corrected chi connectivity index (χ4v) is 2.18.